The highest BCUT2D eigenvalue weighted by Crippen LogP contribution is 2.30. The Bertz CT molecular complexity index is 969. The summed E-state index contributed by atoms with van der Waals surface area (Å²) in [6, 6.07) is 12.5. The number of hydrogen-bond acceptors (Lipinski definition) is 3. The molecule has 1 aromatic heterocycles. The number of carbonyl (C=O) groups is 1. The van der Waals surface area contributed by atoms with E-state index in [9.17, 15) is 18.0 Å². The first-order chi connectivity index (χ1) is 13.4. The van der Waals surface area contributed by atoms with E-state index in [1.807, 2.05) is 18.2 Å². The molecule has 0 atom stereocenters. The lowest BCUT2D eigenvalue weighted by Crippen LogP contribution is -2.26. The van der Waals surface area contributed by atoms with E-state index in [0.717, 1.165) is 23.0 Å². The zero-order valence-corrected chi connectivity index (χ0v) is 15.9. The topological polar surface area (TPSA) is 54.1 Å². The predicted octanol–water partition coefficient (Wildman–Crippen LogP) is 4.86. The fourth-order valence-corrected chi connectivity index (χ4v) is 3.53. The lowest BCUT2D eigenvalue weighted by Gasteiger charge is -2.09. The van der Waals surface area contributed by atoms with E-state index in [-0.39, 0.29) is 5.91 Å². The van der Waals surface area contributed by atoms with Crippen LogP contribution < -0.4 is 10.1 Å². The number of H-pyrrole nitrogens is 1. The van der Waals surface area contributed by atoms with Gasteiger partial charge in [-0.25, -0.2) is 0 Å². The minimum absolute atomic E-state index is 0.227. The van der Waals surface area contributed by atoms with Crippen molar-refractivity contribution in [1.82, 2.24) is 10.3 Å². The lowest BCUT2D eigenvalue weighted by atomic mass is 10.1. The van der Waals surface area contributed by atoms with Crippen molar-refractivity contribution in [1.29, 1.82) is 0 Å². The summed E-state index contributed by atoms with van der Waals surface area (Å²) in [4.78, 5) is 15.3. The minimum Gasteiger partial charge on any atom is -0.497 e. The quantitative estimate of drug-likeness (QED) is 0.549. The van der Waals surface area contributed by atoms with E-state index in [1.54, 1.807) is 19.2 Å². The monoisotopic (exact) mass is 408 g/mol. The van der Waals surface area contributed by atoms with Crippen LogP contribution in [0.15, 0.2) is 48.5 Å². The van der Waals surface area contributed by atoms with Crippen LogP contribution in [0.25, 0.3) is 10.9 Å². The van der Waals surface area contributed by atoms with Gasteiger partial charge in [-0.05, 0) is 35.9 Å². The molecule has 0 saturated carbocycles. The Morgan fingerprint density at radius 1 is 1.18 bits per heavy atom. The first-order valence-corrected chi connectivity index (χ1v) is 9.71. The molecule has 0 aliphatic heterocycles. The smallest absolute Gasteiger partial charge is 0.416 e. The van der Waals surface area contributed by atoms with Crippen molar-refractivity contribution < 1.29 is 22.7 Å². The molecule has 0 saturated heterocycles. The maximum Gasteiger partial charge on any atom is 0.416 e. The average Bonchev–Trinajstić information content (AvgIpc) is 3.10. The number of amides is 1. The van der Waals surface area contributed by atoms with Gasteiger partial charge in [0.05, 0.1) is 12.7 Å². The maximum atomic E-state index is 12.7. The van der Waals surface area contributed by atoms with Crippen LogP contribution in [0.4, 0.5) is 13.2 Å². The first-order valence-electron chi connectivity index (χ1n) is 8.55. The number of benzene rings is 2. The zero-order chi connectivity index (χ0) is 20.1. The normalized spacial score (nSPS) is 11.6. The third kappa shape index (κ3) is 5.01. The molecule has 0 fully saturated rings. The number of rotatable bonds is 7. The summed E-state index contributed by atoms with van der Waals surface area (Å²) in [7, 11) is 1.58. The van der Waals surface area contributed by atoms with Crippen molar-refractivity contribution >= 4 is 28.6 Å². The number of carbonyl (C=O) groups excluding carboxylic acids is 1. The second-order valence-corrected chi connectivity index (χ2v) is 7.25. The molecule has 0 bridgehead atoms. The number of halogens is 3. The highest BCUT2D eigenvalue weighted by Gasteiger charge is 2.30. The fourth-order valence-electron chi connectivity index (χ4n) is 2.72. The van der Waals surface area contributed by atoms with Gasteiger partial charge < -0.3 is 15.0 Å². The average molecular weight is 408 g/mol. The van der Waals surface area contributed by atoms with Gasteiger partial charge in [0.25, 0.3) is 5.91 Å². The molecule has 0 aliphatic rings. The Morgan fingerprint density at radius 2 is 2.00 bits per heavy atom. The van der Waals surface area contributed by atoms with Crippen molar-refractivity contribution in [3.63, 3.8) is 0 Å². The van der Waals surface area contributed by atoms with Gasteiger partial charge in [-0.15, -0.1) is 0 Å². The largest absolute Gasteiger partial charge is 0.497 e. The SMILES string of the molecule is COc1ccc2[nH]c(C(=O)NCCSCc3cccc(C(F)(F)F)c3)cc2c1. The third-order valence-electron chi connectivity index (χ3n) is 4.13. The summed E-state index contributed by atoms with van der Waals surface area (Å²) in [5.41, 5.74) is 1.25. The van der Waals surface area contributed by atoms with Gasteiger partial charge in [-0.3, -0.25) is 4.79 Å². The molecule has 1 amide bonds. The summed E-state index contributed by atoms with van der Waals surface area (Å²) >= 11 is 1.46. The van der Waals surface area contributed by atoms with Crippen molar-refractivity contribution in [3.8, 4) is 5.75 Å². The molecule has 148 valence electrons. The lowest BCUT2D eigenvalue weighted by molar-refractivity contribution is -0.137. The maximum absolute atomic E-state index is 12.7. The predicted molar refractivity (Wildman–Crippen MR) is 105 cm³/mol. The number of methoxy groups -OCH3 is 1. The van der Waals surface area contributed by atoms with Gasteiger partial charge in [0.15, 0.2) is 0 Å². The zero-order valence-electron chi connectivity index (χ0n) is 15.1. The molecular formula is C20H19F3N2O2S. The first kappa shape index (κ1) is 20.1. The van der Waals surface area contributed by atoms with Crippen molar-refractivity contribution in [2.24, 2.45) is 0 Å². The Kier molecular flexibility index (Phi) is 6.18. The molecule has 0 aliphatic carbocycles. The third-order valence-corrected chi connectivity index (χ3v) is 5.16. The van der Waals surface area contributed by atoms with Crippen LogP contribution in [0.3, 0.4) is 0 Å². The van der Waals surface area contributed by atoms with Crippen molar-refractivity contribution in [2.45, 2.75) is 11.9 Å². The second kappa shape index (κ2) is 8.60. The molecule has 4 nitrogen and oxygen atoms in total. The van der Waals surface area contributed by atoms with Gasteiger partial charge in [-0.2, -0.15) is 24.9 Å². The molecule has 0 unspecified atom stereocenters. The van der Waals surface area contributed by atoms with Gasteiger partial charge >= 0.3 is 6.18 Å². The van der Waals surface area contributed by atoms with E-state index < -0.39 is 11.7 Å². The number of alkyl halides is 3. The highest BCUT2D eigenvalue weighted by atomic mass is 32.2. The summed E-state index contributed by atoms with van der Waals surface area (Å²) < 4.78 is 43.3. The molecule has 0 radical (unpaired) electrons. The van der Waals surface area contributed by atoms with E-state index in [4.69, 9.17) is 4.74 Å². The van der Waals surface area contributed by atoms with Crippen LogP contribution in [-0.2, 0) is 11.9 Å². The standard InChI is InChI=1S/C20H19F3N2O2S/c1-27-16-5-6-17-14(10-16)11-18(25-17)19(26)24-7-8-28-12-13-3-2-4-15(9-13)20(21,22)23/h2-6,9-11,25H,7-8,12H2,1H3,(H,24,26). The number of hydrogen-bond donors (Lipinski definition) is 2. The number of nitrogens with one attached hydrogen (secondary N) is 2. The van der Waals surface area contributed by atoms with Crippen LogP contribution >= 0.6 is 11.8 Å². The van der Waals surface area contributed by atoms with E-state index in [0.29, 0.717) is 35.1 Å². The summed E-state index contributed by atoms with van der Waals surface area (Å²) in [5, 5.41) is 3.69. The van der Waals surface area contributed by atoms with Crippen LogP contribution in [0, 0.1) is 0 Å². The minimum atomic E-state index is -4.34. The van der Waals surface area contributed by atoms with Gasteiger partial charge in [0.2, 0.25) is 0 Å². The molecule has 28 heavy (non-hydrogen) atoms. The molecule has 1 heterocycles. The molecule has 2 N–H and O–H groups in total. The Labute approximate surface area is 164 Å². The van der Waals surface area contributed by atoms with E-state index >= 15 is 0 Å². The number of aromatic nitrogens is 1. The second-order valence-electron chi connectivity index (χ2n) is 6.14. The Hall–Kier alpha value is -2.61. The van der Waals surface area contributed by atoms with E-state index in [1.165, 1.54) is 17.8 Å². The van der Waals surface area contributed by atoms with E-state index in [2.05, 4.69) is 10.3 Å². The van der Waals surface area contributed by atoms with Gasteiger partial charge in [0, 0.05) is 29.0 Å². The van der Waals surface area contributed by atoms with Gasteiger partial charge in [0.1, 0.15) is 11.4 Å². The molecule has 0 spiro atoms. The number of thioether (sulfide) groups is 1. The summed E-state index contributed by atoms with van der Waals surface area (Å²) in [6.45, 7) is 0.418. The van der Waals surface area contributed by atoms with Crippen molar-refractivity contribution in [3.05, 3.63) is 65.4 Å². The highest BCUT2D eigenvalue weighted by molar-refractivity contribution is 7.98. The number of ether oxygens (including phenoxy) is 1. The molecule has 2 aromatic carbocycles. The van der Waals surface area contributed by atoms with Crippen molar-refractivity contribution in [2.75, 3.05) is 19.4 Å². The number of aromatic amines is 1. The van der Waals surface area contributed by atoms with Gasteiger partial charge in [-0.1, -0.05) is 18.2 Å². The van der Waals surface area contributed by atoms with Crippen LogP contribution in [0.1, 0.15) is 21.6 Å². The number of fused-ring (bicyclic) bond motifs is 1. The van der Waals surface area contributed by atoms with Crippen LogP contribution in [0.2, 0.25) is 0 Å². The van der Waals surface area contributed by atoms with Crippen LogP contribution in [-0.4, -0.2) is 30.3 Å². The molecule has 3 aromatic rings. The Balaban J connectivity index is 1.47. The molecular weight excluding hydrogens is 389 g/mol. The Morgan fingerprint density at radius 3 is 2.75 bits per heavy atom. The summed E-state index contributed by atoms with van der Waals surface area (Å²) in [5.74, 6) is 1.53. The van der Waals surface area contributed by atoms with Crippen LogP contribution in [0.5, 0.6) is 5.75 Å². The molecule has 3 rings (SSSR count). The fraction of sp³-hybridized carbons (Fsp3) is 0.250. The molecule has 8 heteroatoms. The summed E-state index contributed by atoms with van der Waals surface area (Å²) in [6.07, 6.45) is -4.34.